The van der Waals surface area contributed by atoms with Crippen LogP contribution in [0.4, 0.5) is 24.5 Å². The van der Waals surface area contributed by atoms with Crippen molar-refractivity contribution in [3.8, 4) is 0 Å². The normalized spacial score (nSPS) is 12.2. The van der Waals surface area contributed by atoms with Crippen molar-refractivity contribution < 1.29 is 27.9 Å². The van der Waals surface area contributed by atoms with Crippen LogP contribution in [0, 0.1) is 0 Å². The fourth-order valence-electron chi connectivity index (χ4n) is 4.78. The average molecular weight is 558 g/mol. The molecule has 0 radical (unpaired) electrons. The van der Waals surface area contributed by atoms with E-state index in [-0.39, 0.29) is 16.9 Å². The molecule has 208 valence electrons. The van der Waals surface area contributed by atoms with Gasteiger partial charge in [0.25, 0.3) is 5.91 Å². The first-order valence-corrected chi connectivity index (χ1v) is 12.9. The second-order valence-corrected chi connectivity index (χ2v) is 9.64. The summed E-state index contributed by atoms with van der Waals surface area (Å²) < 4.78 is 42.2. The first-order chi connectivity index (χ1) is 19.6. The zero-order valence-electron chi connectivity index (χ0n) is 21.9. The number of hydrogen-bond acceptors (Lipinski definition) is 3. The average Bonchev–Trinajstić information content (AvgIpc) is 3.26. The third-order valence-electron chi connectivity index (χ3n) is 6.83. The van der Waals surface area contributed by atoms with Gasteiger partial charge in [0.1, 0.15) is 5.69 Å². The molecule has 0 fully saturated rings. The fourth-order valence-corrected chi connectivity index (χ4v) is 4.78. The van der Waals surface area contributed by atoms with Gasteiger partial charge in [0.05, 0.1) is 28.4 Å². The summed E-state index contributed by atoms with van der Waals surface area (Å²) in [7, 11) is 0. The van der Waals surface area contributed by atoms with Crippen molar-refractivity contribution in [1.82, 2.24) is 9.88 Å². The molecule has 1 aromatic heterocycles. The number of carboxylic acids is 1. The molecule has 5 aromatic rings. The van der Waals surface area contributed by atoms with E-state index in [1.807, 2.05) is 53.1 Å². The SMILES string of the molecule is C[C@H](NC(=O)c1c(Nc2cccc(C(F)(F)F)c2)c2ccccc2n1Cc1ccccc1)c1ccc(C(=O)O)cc1. The first-order valence-electron chi connectivity index (χ1n) is 12.9. The highest BCUT2D eigenvalue weighted by Gasteiger charge is 2.31. The summed E-state index contributed by atoms with van der Waals surface area (Å²) >= 11 is 0. The highest BCUT2D eigenvalue weighted by atomic mass is 19.4. The van der Waals surface area contributed by atoms with E-state index in [0.29, 0.717) is 23.2 Å². The van der Waals surface area contributed by atoms with Crippen molar-refractivity contribution in [2.24, 2.45) is 0 Å². The molecule has 3 N–H and O–H groups in total. The number of hydrogen-bond donors (Lipinski definition) is 3. The fraction of sp³-hybridized carbons (Fsp3) is 0.125. The minimum Gasteiger partial charge on any atom is -0.478 e. The Kier molecular flexibility index (Phi) is 7.52. The van der Waals surface area contributed by atoms with Crippen LogP contribution in [-0.4, -0.2) is 21.6 Å². The van der Waals surface area contributed by atoms with E-state index in [4.69, 9.17) is 0 Å². The van der Waals surface area contributed by atoms with Crippen LogP contribution in [0.15, 0.2) is 103 Å². The van der Waals surface area contributed by atoms with Gasteiger partial charge in [0.2, 0.25) is 0 Å². The van der Waals surface area contributed by atoms with Crippen molar-refractivity contribution in [3.63, 3.8) is 0 Å². The summed E-state index contributed by atoms with van der Waals surface area (Å²) in [5.41, 5.74) is 2.50. The highest BCUT2D eigenvalue weighted by molar-refractivity contribution is 6.10. The Morgan fingerprint density at radius 3 is 2.24 bits per heavy atom. The number of aromatic carboxylic acids is 1. The van der Waals surface area contributed by atoms with Gasteiger partial charge in [-0.3, -0.25) is 4.79 Å². The predicted octanol–water partition coefficient (Wildman–Crippen LogP) is 7.64. The molecule has 1 atom stereocenters. The largest absolute Gasteiger partial charge is 0.478 e. The maximum Gasteiger partial charge on any atom is 0.416 e. The number of nitrogens with one attached hydrogen (secondary N) is 2. The number of carbonyl (C=O) groups is 2. The van der Waals surface area contributed by atoms with E-state index < -0.39 is 29.7 Å². The number of carbonyl (C=O) groups excluding carboxylic acids is 1. The molecule has 41 heavy (non-hydrogen) atoms. The standard InChI is InChI=1S/C32H26F3N3O3/c1-20(22-14-16-23(17-15-22)31(40)41)36-30(39)29-28(37-25-11-7-10-24(18-25)32(33,34)35)26-12-5-6-13-27(26)38(29)19-21-8-3-2-4-9-21/h2-18,20,37H,19H2,1H3,(H,36,39)(H,40,41)/t20-/m0/s1. The zero-order chi connectivity index (χ0) is 29.1. The molecule has 0 saturated heterocycles. The maximum absolute atomic E-state index is 14.0. The topological polar surface area (TPSA) is 83.4 Å². The molecule has 0 aliphatic heterocycles. The third-order valence-corrected chi connectivity index (χ3v) is 6.83. The van der Waals surface area contributed by atoms with Crippen LogP contribution in [0.3, 0.4) is 0 Å². The van der Waals surface area contributed by atoms with Crippen LogP contribution in [0.25, 0.3) is 10.9 Å². The first kappa shape index (κ1) is 27.5. The predicted molar refractivity (Wildman–Crippen MR) is 151 cm³/mol. The molecule has 4 aromatic carbocycles. The number of amides is 1. The lowest BCUT2D eigenvalue weighted by Gasteiger charge is -2.18. The van der Waals surface area contributed by atoms with Crippen LogP contribution >= 0.6 is 0 Å². The quantitative estimate of drug-likeness (QED) is 0.183. The molecule has 0 saturated carbocycles. The molecular weight excluding hydrogens is 531 g/mol. The van der Waals surface area contributed by atoms with Crippen molar-refractivity contribution in [1.29, 1.82) is 0 Å². The number of alkyl halides is 3. The summed E-state index contributed by atoms with van der Waals surface area (Å²) in [6.45, 7) is 2.12. The Hall–Kier alpha value is -5.05. The molecule has 6 nitrogen and oxygen atoms in total. The summed E-state index contributed by atoms with van der Waals surface area (Å²) in [6.07, 6.45) is -4.52. The lowest BCUT2D eigenvalue weighted by molar-refractivity contribution is -0.137. The second-order valence-electron chi connectivity index (χ2n) is 9.64. The number of benzene rings is 4. The Morgan fingerprint density at radius 1 is 0.878 bits per heavy atom. The Morgan fingerprint density at radius 2 is 1.56 bits per heavy atom. The number of halogens is 3. The van der Waals surface area contributed by atoms with E-state index >= 15 is 0 Å². The van der Waals surface area contributed by atoms with Crippen molar-refractivity contribution >= 4 is 34.2 Å². The van der Waals surface area contributed by atoms with Crippen LogP contribution in [0.1, 0.15) is 50.5 Å². The molecule has 9 heteroatoms. The van der Waals surface area contributed by atoms with Gasteiger partial charge in [0, 0.05) is 17.6 Å². The number of para-hydroxylation sites is 1. The van der Waals surface area contributed by atoms with E-state index in [1.54, 1.807) is 25.1 Å². The molecule has 1 heterocycles. The van der Waals surface area contributed by atoms with Gasteiger partial charge in [-0.1, -0.05) is 66.7 Å². The zero-order valence-corrected chi connectivity index (χ0v) is 21.9. The highest BCUT2D eigenvalue weighted by Crippen LogP contribution is 2.36. The second kappa shape index (κ2) is 11.2. The van der Waals surface area contributed by atoms with Crippen molar-refractivity contribution in [3.05, 3.63) is 131 Å². The van der Waals surface area contributed by atoms with E-state index in [9.17, 15) is 27.9 Å². The van der Waals surface area contributed by atoms with Gasteiger partial charge in [0.15, 0.2) is 0 Å². The number of anilines is 2. The lowest BCUT2D eigenvalue weighted by Crippen LogP contribution is -2.29. The molecular formula is C32H26F3N3O3. The molecule has 0 aliphatic rings. The van der Waals surface area contributed by atoms with Gasteiger partial charge < -0.3 is 20.3 Å². The third kappa shape index (κ3) is 5.94. The number of fused-ring (bicyclic) bond motifs is 1. The molecule has 0 bridgehead atoms. The smallest absolute Gasteiger partial charge is 0.416 e. The maximum atomic E-state index is 14.0. The molecule has 1 amide bonds. The minimum absolute atomic E-state index is 0.128. The van der Waals surface area contributed by atoms with E-state index in [1.165, 1.54) is 24.3 Å². The monoisotopic (exact) mass is 557 g/mol. The van der Waals surface area contributed by atoms with Gasteiger partial charge in [-0.25, -0.2) is 4.79 Å². The van der Waals surface area contributed by atoms with Gasteiger partial charge >= 0.3 is 12.1 Å². The Balaban J connectivity index is 1.59. The molecule has 0 spiro atoms. The molecule has 0 unspecified atom stereocenters. The molecule has 5 rings (SSSR count). The van der Waals surface area contributed by atoms with Gasteiger partial charge in [-0.05, 0) is 54.4 Å². The van der Waals surface area contributed by atoms with Crippen LogP contribution in [0.5, 0.6) is 0 Å². The Bertz CT molecular complexity index is 1710. The van der Waals surface area contributed by atoms with Crippen LogP contribution in [0.2, 0.25) is 0 Å². The van der Waals surface area contributed by atoms with Crippen LogP contribution in [-0.2, 0) is 12.7 Å². The van der Waals surface area contributed by atoms with Gasteiger partial charge in [-0.2, -0.15) is 13.2 Å². The number of nitrogens with zero attached hydrogens (tertiary/aromatic N) is 1. The van der Waals surface area contributed by atoms with Crippen molar-refractivity contribution in [2.75, 3.05) is 5.32 Å². The summed E-state index contributed by atoms with van der Waals surface area (Å²) in [5, 5.41) is 16.0. The Labute approximate surface area is 234 Å². The molecule has 0 aliphatic carbocycles. The minimum atomic E-state index is -4.52. The van der Waals surface area contributed by atoms with E-state index in [0.717, 1.165) is 23.2 Å². The van der Waals surface area contributed by atoms with Crippen molar-refractivity contribution in [2.45, 2.75) is 25.7 Å². The summed E-state index contributed by atoms with van der Waals surface area (Å²) in [4.78, 5) is 25.2. The number of aromatic nitrogens is 1. The number of carboxylic acid groups (broad SMARTS) is 1. The van der Waals surface area contributed by atoms with E-state index in [2.05, 4.69) is 10.6 Å². The lowest BCUT2D eigenvalue weighted by atomic mass is 10.1. The number of rotatable bonds is 8. The van der Waals surface area contributed by atoms with Gasteiger partial charge in [-0.15, -0.1) is 0 Å². The van der Waals surface area contributed by atoms with Crippen LogP contribution < -0.4 is 10.6 Å². The summed E-state index contributed by atoms with van der Waals surface area (Å²) in [5.74, 6) is -1.50. The summed E-state index contributed by atoms with van der Waals surface area (Å²) in [6, 6.07) is 27.4.